The van der Waals surface area contributed by atoms with E-state index in [1.54, 1.807) is 56.6 Å². The predicted octanol–water partition coefficient (Wildman–Crippen LogP) is 3.46. The van der Waals surface area contributed by atoms with Crippen molar-refractivity contribution in [3.05, 3.63) is 54.2 Å². The van der Waals surface area contributed by atoms with E-state index in [4.69, 9.17) is 23.5 Å². The predicted molar refractivity (Wildman–Crippen MR) is 118 cm³/mol. The normalized spacial score (nSPS) is 15.4. The van der Waals surface area contributed by atoms with E-state index in [2.05, 4.69) is 5.16 Å². The van der Waals surface area contributed by atoms with E-state index in [1.807, 2.05) is 18.2 Å². The maximum absolute atomic E-state index is 12.6. The fourth-order valence-electron chi connectivity index (χ4n) is 3.72. The van der Waals surface area contributed by atoms with Gasteiger partial charge in [-0.3, -0.25) is 9.59 Å². The standard InChI is InChI=1S/C24H24N2O7/c1-29-19-7-5-4-6-18(19)26-13-16(11-23(26)27)24(28)32-14-17-12-21(33-25-17)15-8-9-20(30-2)22(10-15)31-3/h4-10,12,16H,11,13-14H2,1-3H3. The number of hydrogen-bond acceptors (Lipinski definition) is 8. The number of carbonyl (C=O) groups excluding carboxylic acids is 2. The van der Waals surface area contributed by atoms with Gasteiger partial charge in [0.15, 0.2) is 17.3 Å². The fraction of sp³-hybridized carbons (Fsp3) is 0.292. The summed E-state index contributed by atoms with van der Waals surface area (Å²) < 4.78 is 26.7. The smallest absolute Gasteiger partial charge is 0.311 e. The van der Waals surface area contributed by atoms with E-state index in [0.29, 0.717) is 34.4 Å². The highest BCUT2D eigenvalue weighted by Crippen LogP contribution is 2.34. The summed E-state index contributed by atoms with van der Waals surface area (Å²) in [7, 11) is 4.65. The molecule has 0 aliphatic carbocycles. The van der Waals surface area contributed by atoms with Crippen LogP contribution in [0.5, 0.6) is 17.2 Å². The van der Waals surface area contributed by atoms with Crippen LogP contribution < -0.4 is 19.1 Å². The Hall–Kier alpha value is -4.01. The summed E-state index contributed by atoms with van der Waals surface area (Å²) in [5.41, 5.74) is 1.84. The van der Waals surface area contributed by atoms with Crippen LogP contribution in [0.2, 0.25) is 0 Å². The molecule has 9 heteroatoms. The Balaban J connectivity index is 1.38. The van der Waals surface area contributed by atoms with Crippen LogP contribution in [0, 0.1) is 5.92 Å². The van der Waals surface area contributed by atoms with Gasteiger partial charge in [-0.1, -0.05) is 17.3 Å². The van der Waals surface area contributed by atoms with Crippen molar-refractivity contribution in [1.82, 2.24) is 5.16 Å². The van der Waals surface area contributed by atoms with Crippen LogP contribution in [0.15, 0.2) is 53.1 Å². The van der Waals surface area contributed by atoms with Crippen LogP contribution in [-0.2, 0) is 20.9 Å². The fourth-order valence-corrected chi connectivity index (χ4v) is 3.72. The Bertz CT molecular complexity index is 1160. The van der Waals surface area contributed by atoms with Crippen molar-refractivity contribution in [1.29, 1.82) is 0 Å². The number of anilines is 1. The molecule has 0 N–H and O–H groups in total. The van der Waals surface area contributed by atoms with Crippen molar-refractivity contribution in [2.75, 3.05) is 32.8 Å². The molecule has 172 valence electrons. The monoisotopic (exact) mass is 452 g/mol. The highest BCUT2D eigenvalue weighted by Gasteiger charge is 2.37. The largest absolute Gasteiger partial charge is 0.495 e. The topological polar surface area (TPSA) is 100 Å². The maximum Gasteiger partial charge on any atom is 0.311 e. The lowest BCUT2D eigenvalue weighted by molar-refractivity contribution is -0.149. The van der Waals surface area contributed by atoms with E-state index in [0.717, 1.165) is 5.56 Å². The molecule has 9 nitrogen and oxygen atoms in total. The lowest BCUT2D eigenvalue weighted by atomic mass is 10.1. The van der Waals surface area contributed by atoms with Crippen LogP contribution in [0.1, 0.15) is 12.1 Å². The minimum Gasteiger partial charge on any atom is -0.495 e. The van der Waals surface area contributed by atoms with Crippen molar-refractivity contribution in [2.24, 2.45) is 5.92 Å². The molecule has 1 fully saturated rings. The molecule has 0 bridgehead atoms. The zero-order chi connectivity index (χ0) is 23.4. The number of para-hydroxylation sites is 2. The number of hydrogen-bond donors (Lipinski definition) is 0. The van der Waals surface area contributed by atoms with Crippen LogP contribution in [0.3, 0.4) is 0 Å². The number of ether oxygens (including phenoxy) is 4. The third-order valence-corrected chi connectivity index (χ3v) is 5.42. The van der Waals surface area contributed by atoms with Gasteiger partial charge in [0, 0.05) is 24.6 Å². The van der Waals surface area contributed by atoms with E-state index in [1.165, 1.54) is 0 Å². The molecule has 1 aliphatic heterocycles. The number of esters is 1. The molecule has 0 saturated carbocycles. The minimum absolute atomic E-state index is 0.0605. The van der Waals surface area contributed by atoms with Crippen molar-refractivity contribution >= 4 is 17.6 Å². The van der Waals surface area contributed by atoms with Crippen LogP contribution >= 0.6 is 0 Å². The van der Waals surface area contributed by atoms with E-state index < -0.39 is 11.9 Å². The molecule has 1 atom stereocenters. The first-order chi connectivity index (χ1) is 16.0. The number of nitrogens with zero attached hydrogens (tertiary/aromatic N) is 2. The number of rotatable bonds is 8. The first kappa shape index (κ1) is 22.2. The first-order valence-corrected chi connectivity index (χ1v) is 10.3. The Morgan fingerprint density at radius 1 is 1.03 bits per heavy atom. The summed E-state index contributed by atoms with van der Waals surface area (Å²) in [6.07, 6.45) is 0.0760. The average Bonchev–Trinajstić information content (AvgIpc) is 3.48. The molecule has 1 aromatic heterocycles. The van der Waals surface area contributed by atoms with Gasteiger partial charge in [-0.15, -0.1) is 0 Å². The quantitative estimate of drug-likeness (QED) is 0.479. The second kappa shape index (κ2) is 9.64. The summed E-state index contributed by atoms with van der Waals surface area (Å²) >= 11 is 0. The Morgan fingerprint density at radius 2 is 1.79 bits per heavy atom. The summed E-state index contributed by atoms with van der Waals surface area (Å²) in [6, 6.07) is 14.2. The molecular formula is C24H24N2O7. The van der Waals surface area contributed by atoms with Gasteiger partial charge in [-0.05, 0) is 30.3 Å². The zero-order valence-corrected chi connectivity index (χ0v) is 18.6. The zero-order valence-electron chi connectivity index (χ0n) is 18.6. The molecule has 2 aromatic carbocycles. The minimum atomic E-state index is -0.570. The van der Waals surface area contributed by atoms with Gasteiger partial charge in [-0.2, -0.15) is 0 Å². The van der Waals surface area contributed by atoms with E-state index in [-0.39, 0.29) is 25.5 Å². The summed E-state index contributed by atoms with van der Waals surface area (Å²) in [5, 5.41) is 3.97. The van der Waals surface area contributed by atoms with Gasteiger partial charge in [0.05, 0.1) is 32.9 Å². The summed E-state index contributed by atoms with van der Waals surface area (Å²) in [5.74, 6) is 1.05. The highest BCUT2D eigenvalue weighted by molar-refractivity contribution is 6.00. The average molecular weight is 452 g/mol. The third-order valence-electron chi connectivity index (χ3n) is 5.42. The second-order valence-corrected chi connectivity index (χ2v) is 7.44. The van der Waals surface area contributed by atoms with Gasteiger partial charge in [0.1, 0.15) is 18.1 Å². The number of carbonyl (C=O) groups is 2. The molecule has 1 saturated heterocycles. The molecule has 3 aromatic rings. The molecule has 4 rings (SSSR count). The molecule has 33 heavy (non-hydrogen) atoms. The van der Waals surface area contributed by atoms with Gasteiger partial charge in [0.25, 0.3) is 0 Å². The van der Waals surface area contributed by atoms with Crippen LogP contribution in [-0.4, -0.2) is 44.9 Å². The molecule has 1 amide bonds. The molecule has 0 spiro atoms. The lowest BCUT2D eigenvalue weighted by Gasteiger charge is -2.19. The Labute approximate surface area is 190 Å². The number of amides is 1. The Morgan fingerprint density at radius 3 is 2.55 bits per heavy atom. The highest BCUT2D eigenvalue weighted by atomic mass is 16.5. The van der Waals surface area contributed by atoms with Crippen molar-refractivity contribution in [2.45, 2.75) is 13.0 Å². The molecule has 0 radical (unpaired) electrons. The third kappa shape index (κ3) is 4.62. The lowest BCUT2D eigenvalue weighted by Crippen LogP contribution is -2.26. The Kier molecular flexibility index (Phi) is 6.48. The molecule has 2 heterocycles. The van der Waals surface area contributed by atoms with Gasteiger partial charge in [0.2, 0.25) is 5.91 Å². The second-order valence-electron chi connectivity index (χ2n) is 7.44. The summed E-state index contributed by atoms with van der Waals surface area (Å²) in [4.78, 5) is 26.7. The summed E-state index contributed by atoms with van der Waals surface area (Å²) in [6.45, 7) is 0.169. The number of aromatic nitrogens is 1. The van der Waals surface area contributed by atoms with Crippen LogP contribution in [0.4, 0.5) is 5.69 Å². The van der Waals surface area contributed by atoms with Gasteiger partial charge in [-0.25, -0.2) is 0 Å². The SMILES string of the molecule is COc1ccc(-c2cc(COC(=O)C3CC(=O)N(c4ccccc4OC)C3)no2)cc1OC. The first-order valence-electron chi connectivity index (χ1n) is 10.3. The van der Waals surface area contributed by atoms with Gasteiger partial charge >= 0.3 is 5.97 Å². The number of benzene rings is 2. The van der Waals surface area contributed by atoms with Crippen molar-refractivity contribution in [3.63, 3.8) is 0 Å². The van der Waals surface area contributed by atoms with Crippen molar-refractivity contribution in [3.8, 4) is 28.6 Å². The van der Waals surface area contributed by atoms with Crippen LogP contribution in [0.25, 0.3) is 11.3 Å². The maximum atomic E-state index is 12.6. The molecule has 1 unspecified atom stereocenters. The van der Waals surface area contributed by atoms with Crippen molar-refractivity contribution < 1.29 is 33.1 Å². The molecular weight excluding hydrogens is 428 g/mol. The number of methoxy groups -OCH3 is 3. The van der Waals surface area contributed by atoms with Gasteiger partial charge < -0.3 is 28.4 Å². The molecule has 1 aliphatic rings. The van der Waals surface area contributed by atoms with E-state index >= 15 is 0 Å². The van der Waals surface area contributed by atoms with E-state index in [9.17, 15) is 9.59 Å².